The highest BCUT2D eigenvalue weighted by molar-refractivity contribution is 5.88. The van der Waals surface area contributed by atoms with Gasteiger partial charge in [-0.25, -0.2) is 9.18 Å². The first-order chi connectivity index (χ1) is 9.69. The monoisotopic (exact) mass is 275 g/mol. The van der Waals surface area contributed by atoms with Gasteiger partial charge in [-0.3, -0.25) is 5.32 Å². The lowest BCUT2D eigenvalue weighted by atomic mass is 10.3. The Balaban J connectivity index is 2.07. The van der Waals surface area contributed by atoms with Crippen molar-refractivity contribution in [2.24, 2.45) is 0 Å². The van der Waals surface area contributed by atoms with Gasteiger partial charge < -0.3 is 9.47 Å². The summed E-state index contributed by atoms with van der Waals surface area (Å²) in [6, 6.07) is 12.5. The van der Waals surface area contributed by atoms with E-state index in [0.717, 1.165) is 0 Å². The predicted molar refractivity (Wildman–Crippen MR) is 73.7 cm³/mol. The van der Waals surface area contributed by atoms with Crippen molar-refractivity contribution in [2.45, 2.75) is 6.92 Å². The molecule has 0 spiro atoms. The van der Waals surface area contributed by atoms with Crippen LogP contribution in [0.3, 0.4) is 0 Å². The third-order valence-electron chi connectivity index (χ3n) is 2.43. The van der Waals surface area contributed by atoms with Crippen LogP contribution in [0.25, 0.3) is 0 Å². The summed E-state index contributed by atoms with van der Waals surface area (Å²) in [5.41, 5.74) is 0.356. The fourth-order valence-corrected chi connectivity index (χ4v) is 1.61. The first-order valence-electron chi connectivity index (χ1n) is 6.15. The molecule has 2 rings (SSSR count). The van der Waals surface area contributed by atoms with Crippen LogP contribution in [-0.4, -0.2) is 12.7 Å². The maximum atomic E-state index is 13.1. The largest absolute Gasteiger partial charge is 0.492 e. The van der Waals surface area contributed by atoms with Gasteiger partial charge >= 0.3 is 6.09 Å². The van der Waals surface area contributed by atoms with Gasteiger partial charge in [-0.05, 0) is 31.2 Å². The van der Waals surface area contributed by atoms with Gasteiger partial charge in [0.15, 0.2) is 0 Å². The third-order valence-corrected chi connectivity index (χ3v) is 2.43. The van der Waals surface area contributed by atoms with E-state index in [1.54, 1.807) is 31.2 Å². The molecule has 2 aromatic rings. The fourth-order valence-electron chi connectivity index (χ4n) is 1.61. The summed E-state index contributed by atoms with van der Waals surface area (Å²) in [6.07, 6.45) is -0.663. The van der Waals surface area contributed by atoms with Crippen LogP contribution < -0.4 is 14.8 Å². The number of benzene rings is 2. The van der Waals surface area contributed by atoms with Crippen molar-refractivity contribution in [1.29, 1.82) is 0 Å². The molecule has 1 N–H and O–H groups in total. The zero-order valence-corrected chi connectivity index (χ0v) is 10.9. The number of anilines is 1. The number of rotatable bonds is 4. The second kappa shape index (κ2) is 6.56. The summed E-state index contributed by atoms with van der Waals surface area (Å²) in [5.74, 6) is 0.248. The van der Waals surface area contributed by atoms with Crippen molar-refractivity contribution in [1.82, 2.24) is 0 Å². The van der Waals surface area contributed by atoms with Gasteiger partial charge in [-0.15, -0.1) is 0 Å². The maximum Gasteiger partial charge on any atom is 0.417 e. The molecule has 2 aromatic carbocycles. The number of ether oxygens (including phenoxy) is 2. The molecule has 1 amide bonds. The number of hydrogen-bond donors (Lipinski definition) is 1. The maximum absolute atomic E-state index is 13.1. The van der Waals surface area contributed by atoms with E-state index in [2.05, 4.69) is 5.32 Å². The zero-order valence-electron chi connectivity index (χ0n) is 10.9. The van der Waals surface area contributed by atoms with E-state index in [1.807, 2.05) is 6.07 Å². The normalized spacial score (nSPS) is 9.90. The van der Waals surface area contributed by atoms with Crippen LogP contribution in [0.2, 0.25) is 0 Å². The van der Waals surface area contributed by atoms with Crippen LogP contribution in [0.1, 0.15) is 6.92 Å². The lowest BCUT2D eigenvalue weighted by Crippen LogP contribution is -2.17. The molecule has 0 aromatic heterocycles. The van der Waals surface area contributed by atoms with Crippen molar-refractivity contribution in [2.75, 3.05) is 11.9 Å². The Kier molecular flexibility index (Phi) is 4.55. The lowest BCUT2D eigenvalue weighted by Gasteiger charge is -2.11. The summed E-state index contributed by atoms with van der Waals surface area (Å²) in [5, 5.41) is 2.52. The van der Waals surface area contributed by atoms with Gasteiger partial charge in [0, 0.05) is 6.07 Å². The smallest absolute Gasteiger partial charge is 0.417 e. The first kappa shape index (κ1) is 13.9. The number of para-hydroxylation sites is 1. The minimum atomic E-state index is -0.663. The summed E-state index contributed by atoms with van der Waals surface area (Å²) < 4.78 is 23.5. The Morgan fingerprint density at radius 3 is 2.65 bits per heavy atom. The van der Waals surface area contributed by atoms with Gasteiger partial charge in [-0.1, -0.05) is 18.2 Å². The van der Waals surface area contributed by atoms with E-state index in [4.69, 9.17) is 9.47 Å². The SMILES string of the molecule is CCOc1cc(F)ccc1NC(=O)Oc1ccccc1. The lowest BCUT2D eigenvalue weighted by molar-refractivity contribution is 0.215. The Labute approximate surface area is 116 Å². The molecule has 0 aliphatic rings. The van der Waals surface area contributed by atoms with Crippen molar-refractivity contribution in [3.8, 4) is 11.5 Å². The molecule has 0 fully saturated rings. The molecule has 0 atom stereocenters. The van der Waals surface area contributed by atoms with E-state index in [1.165, 1.54) is 18.2 Å². The van der Waals surface area contributed by atoms with Crippen molar-refractivity contribution in [3.05, 3.63) is 54.3 Å². The Morgan fingerprint density at radius 1 is 1.20 bits per heavy atom. The molecule has 0 heterocycles. The van der Waals surface area contributed by atoms with Crippen molar-refractivity contribution >= 4 is 11.8 Å². The Hall–Kier alpha value is -2.56. The van der Waals surface area contributed by atoms with E-state index in [-0.39, 0.29) is 5.75 Å². The van der Waals surface area contributed by atoms with E-state index >= 15 is 0 Å². The van der Waals surface area contributed by atoms with Crippen LogP contribution in [0.4, 0.5) is 14.9 Å². The molecular weight excluding hydrogens is 261 g/mol. The molecule has 0 unspecified atom stereocenters. The number of nitrogens with one attached hydrogen (secondary N) is 1. The molecule has 20 heavy (non-hydrogen) atoms. The molecule has 0 saturated heterocycles. The standard InChI is InChI=1S/C15H14FNO3/c1-2-19-14-10-11(16)8-9-13(14)17-15(18)20-12-6-4-3-5-7-12/h3-10H,2H2,1H3,(H,17,18). The van der Waals surface area contributed by atoms with Crippen molar-refractivity contribution in [3.63, 3.8) is 0 Å². The minimum absolute atomic E-state index is 0.262. The fraction of sp³-hybridized carbons (Fsp3) is 0.133. The van der Waals surface area contributed by atoms with Crippen molar-refractivity contribution < 1.29 is 18.7 Å². The average molecular weight is 275 g/mol. The summed E-state index contributed by atoms with van der Waals surface area (Å²) in [7, 11) is 0. The summed E-state index contributed by atoms with van der Waals surface area (Å²) in [6.45, 7) is 2.14. The zero-order chi connectivity index (χ0) is 14.4. The van der Waals surface area contributed by atoms with E-state index in [0.29, 0.717) is 18.0 Å². The molecule has 104 valence electrons. The molecule has 0 aliphatic heterocycles. The number of carbonyl (C=O) groups is 1. The molecule has 4 nitrogen and oxygen atoms in total. The predicted octanol–water partition coefficient (Wildman–Crippen LogP) is 3.84. The van der Waals surface area contributed by atoms with Gasteiger partial charge in [-0.2, -0.15) is 0 Å². The highest BCUT2D eigenvalue weighted by Gasteiger charge is 2.10. The molecule has 0 aliphatic carbocycles. The Bertz CT molecular complexity index is 587. The van der Waals surface area contributed by atoms with Crippen LogP contribution in [0.5, 0.6) is 11.5 Å². The summed E-state index contributed by atoms with van der Waals surface area (Å²) in [4.78, 5) is 11.7. The number of halogens is 1. The highest BCUT2D eigenvalue weighted by Crippen LogP contribution is 2.25. The van der Waals surface area contributed by atoms with Crippen LogP contribution >= 0.6 is 0 Å². The van der Waals surface area contributed by atoms with Gasteiger partial charge in [0.05, 0.1) is 12.3 Å². The molecular formula is C15H14FNO3. The van der Waals surface area contributed by atoms with Gasteiger partial charge in [0.25, 0.3) is 0 Å². The first-order valence-corrected chi connectivity index (χ1v) is 6.15. The van der Waals surface area contributed by atoms with Crippen LogP contribution in [-0.2, 0) is 0 Å². The van der Waals surface area contributed by atoms with Gasteiger partial charge in [0.1, 0.15) is 17.3 Å². The number of carbonyl (C=O) groups excluding carboxylic acids is 1. The minimum Gasteiger partial charge on any atom is -0.492 e. The Morgan fingerprint density at radius 2 is 1.95 bits per heavy atom. The molecule has 5 heteroatoms. The third kappa shape index (κ3) is 3.71. The van der Waals surface area contributed by atoms with Gasteiger partial charge in [0.2, 0.25) is 0 Å². The number of hydrogen-bond acceptors (Lipinski definition) is 3. The van der Waals surface area contributed by atoms with E-state index < -0.39 is 11.9 Å². The highest BCUT2D eigenvalue weighted by atomic mass is 19.1. The molecule has 0 radical (unpaired) electrons. The topological polar surface area (TPSA) is 47.6 Å². The van der Waals surface area contributed by atoms with Crippen LogP contribution in [0, 0.1) is 5.82 Å². The molecule has 0 bridgehead atoms. The average Bonchev–Trinajstić information content (AvgIpc) is 2.43. The molecule has 0 saturated carbocycles. The van der Waals surface area contributed by atoms with E-state index in [9.17, 15) is 9.18 Å². The number of amides is 1. The van der Waals surface area contributed by atoms with Crippen LogP contribution in [0.15, 0.2) is 48.5 Å². The summed E-state index contributed by atoms with van der Waals surface area (Å²) >= 11 is 0. The second-order valence-corrected chi connectivity index (χ2v) is 3.90. The quantitative estimate of drug-likeness (QED) is 0.922. The second-order valence-electron chi connectivity index (χ2n) is 3.90.